The molecule has 1 atom stereocenters. The van der Waals surface area contributed by atoms with Crippen LogP contribution in [-0.2, 0) is 11.8 Å². The average molecular weight is 386 g/mol. The predicted octanol–water partition coefficient (Wildman–Crippen LogP) is 3.99. The van der Waals surface area contributed by atoms with Crippen molar-refractivity contribution in [2.24, 2.45) is 7.05 Å². The number of carbonyl (C=O) groups is 1. The average Bonchev–Trinajstić information content (AvgIpc) is 3.21. The normalized spacial score (nSPS) is 17.2. The van der Waals surface area contributed by atoms with E-state index in [1.807, 2.05) is 60.1 Å². The first-order valence-electron chi connectivity index (χ1n) is 9.76. The van der Waals surface area contributed by atoms with Gasteiger partial charge in [0.25, 0.3) is 0 Å². The zero-order chi connectivity index (χ0) is 20.5. The first-order valence-corrected chi connectivity index (χ1v) is 9.76. The molecule has 0 aromatic carbocycles. The Labute approximate surface area is 166 Å². The van der Waals surface area contributed by atoms with Gasteiger partial charge in [-0.1, -0.05) is 0 Å². The van der Waals surface area contributed by atoms with Gasteiger partial charge in [-0.05, 0) is 52.7 Å². The molecule has 1 aliphatic heterocycles. The number of amides is 1. The van der Waals surface area contributed by atoms with E-state index in [-0.39, 0.29) is 18.1 Å². The summed E-state index contributed by atoms with van der Waals surface area (Å²) in [6.45, 7) is 10.9. The summed E-state index contributed by atoms with van der Waals surface area (Å²) in [6, 6.07) is 4.02. The summed E-state index contributed by atoms with van der Waals surface area (Å²) in [7, 11) is 1.90. The third kappa shape index (κ3) is 5.03. The minimum Gasteiger partial charge on any atom is -0.475 e. The fourth-order valence-electron chi connectivity index (χ4n) is 3.27. The number of aryl methyl sites for hydroxylation is 1. The van der Waals surface area contributed by atoms with Crippen LogP contribution in [0.25, 0.3) is 11.1 Å². The molecule has 28 heavy (non-hydrogen) atoms. The van der Waals surface area contributed by atoms with Crippen molar-refractivity contribution in [2.75, 3.05) is 13.1 Å². The summed E-state index contributed by atoms with van der Waals surface area (Å²) in [4.78, 5) is 18.9. The number of aromatic nitrogens is 3. The van der Waals surface area contributed by atoms with E-state index in [4.69, 9.17) is 14.5 Å². The van der Waals surface area contributed by atoms with Crippen molar-refractivity contribution in [3.8, 4) is 17.0 Å². The van der Waals surface area contributed by atoms with Crippen LogP contribution in [0.1, 0.15) is 52.7 Å². The zero-order valence-electron chi connectivity index (χ0n) is 17.6. The van der Waals surface area contributed by atoms with Crippen LogP contribution in [-0.4, -0.2) is 50.6 Å². The molecule has 1 aliphatic rings. The van der Waals surface area contributed by atoms with Gasteiger partial charge in [0.1, 0.15) is 5.60 Å². The van der Waals surface area contributed by atoms with Gasteiger partial charge < -0.3 is 14.4 Å². The number of nitrogens with zero attached hydrogens (tertiary/aromatic N) is 4. The number of ether oxygens (including phenoxy) is 2. The second-order valence-electron chi connectivity index (χ2n) is 8.60. The second-order valence-corrected chi connectivity index (χ2v) is 8.60. The Morgan fingerprint density at radius 2 is 2.00 bits per heavy atom. The van der Waals surface area contributed by atoms with Crippen LogP contribution in [0.4, 0.5) is 4.79 Å². The van der Waals surface area contributed by atoms with Crippen LogP contribution in [0, 0.1) is 0 Å². The molecule has 0 radical (unpaired) electrons. The van der Waals surface area contributed by atoms with Crippen LogP contribution in [0.3, 0.4) is 0 Å². The Kier molecular flexibility index (Phi) is 5.63. The van der Waals surface area contributed by atoms with E-state index in [0.717, 1.165) is 23.2 Å². The number of carbonyl (C=O) groups excluding carboxylic acids is 1. The molecule has 2 aromatic heterocycles. The van der Waals surface area contributed by atoms with Crippen molar-refractivity contribution in [2.45, 2.75) is 58.7 Å². The second kappa shape index (κ2) is 7.81. The first kappa shape index (κ1) is 20.2. The summed E-state index contributed by atoms with van der Waals surface area (Å²) in [5.74, 6) is 0.751. The fraction of sp³-hybridized carbons (Fsp3) is 0.571. The molecule has 0 spiro atoms. The lowest BCUT2D eigenvalue weighted by Crippen LogP contribution is -2.35. The Hall–Kier alpha value is -2.57. The van der Waals surface area contributed by atoms with Gasteiger partial charge in [0, 0.05) is 49.6 Å². The molecule has 1 unspecified atom stereocenters. The van der Waals surface area contributed by atoms with E-state index >= 15 is 0 Å². The predicted molar refractivity (Wildman–Crippen MR) is 107 cm³/mol. The first-order chi connectivity index (χ1) is 13.1. The maximum atomic E-state index is 12.4. The van der Waals surface area contributed by atoms with Gasteiger partial charge in [-0.15, -0.1) is 0 Å². The van der Waals surface area contributed by atoms with E-state index in [9.17, 15) is 4.79 Å². The van der Waals surface area contributed by atoms with Crippen molar-refractivity contribution >= 4 is 6.09 Å². The third-order valence-electron chi connectivity index (χ3n) is 4.47. The van der Waals surface area contributed by atoms with E-state index in [1.165, 1.54) is 0 Å². The van der Waals surface area contributed by atoms with Gasteiger partial charge in [-0.2, -0.15) is 5.10 Å². The minimum atomic E-state index is -0.494. The number of likely N-dealkylation sites (tertiary alicyclic amines) is 1. The lowest BCUT2D eigenvalue weighted by molar-refractivity contribution is 0.0292. The van der Waals surface area contributed by atoms with Crippen molar-refractivity contribution in [1.29, 1.82) is 0 Å². The highest BCUT2D eigenvalue weighted by atomic mass is 16.6. The van der Waals surface area contributed by atoms with E-state index in [0.29, 0.717) is 19.0 Å². The Morgan fingerprint density at radius 1 is 1.25 bits per heavy atom. The van der Waals surface area contributed by atoms with Gasteiger partial charge in [0.05, 0.1) is 12.3 Å². The summed E-state index contributed by atoms with van der Waals surface area (Å²) in [5, 5.41) is 4.27. The lowest BCUT2D eigenvalue weighted by Gasteiger charge is -2.24. The maximum absolute atomic E-state index is 12.4. The Bertz CT molecular complexity index is 838. The maximum Gasteiger partial charge on any atom is 0.410 e. The zero-order valence-corrected chi connectivity index (χ0v) is 17.6. The van der Waals surface area contributed by atoms with Crippen LogP contribution >= 0.6 is 0 Å². The van der Waals surface area contributed by atoms with E-state index in [2.05, 4.69) is 11.2 Å². The molecular weight excluding hydrogens is 356 g/mol. The largest absolute Gasteiger partial charge is 0.475 e. The summed E-state index contributed by atoms with van der Waals surface area (Å²) in [5.41, 5.74) is 2.47. The molecule has 2 aromatic rings. The number of rotatable bonds is 4. The third-order valence-corrected chi connectivity index (χ3v) is 4.47. The molecule has 0 N–H and O–H groups in total. The molecule has 1 amide bonds. The van der Waals surface area contributed by atoms with Gasteiger partial charge >= 0.3 is 6.09 Å². The highest BCUT2D eigenvalue weighted by Crippen LogP contribution is 2.32. The standard InChI is InChI=1S/C21H30N4O3/c1-14(2)27-19-10-16(17-11-22-24(6)12-17)9-18(23-19)15-7-8-25(13-15)20(26)28-21(3,4)5/h9-12,14-15H,7-8,13H2,1-6H3. The van der Waals surface area contributed by atoms with Gasteiger partial charge in [-0.3, -0.25) is 4.68 Å². The van der Waals surface area contributed by atoms with Crippen LogP contribution in [0.15, 0.2) is 24.5 Å². The monoisotopic (exact) mass is 386 g/mol. The SMILES string of the molecule is CC(C)Oc1cc(-c2cnn(C)c2)cc(C2CCN(C(=O)OC(C)(C)C)C2)n1. The fourth-order valence-corrected chi connectivity index (χ4v) is 3.27. The number of hydrogen-bond acceptors (Lipinski definition) is 5. The Balaban J connectivity index is 1.84. The Morgan fingerprint density at radius 3 is 2.61 bits per heavy atom. The lowest BCUT2D eigenvalue weighted by atomic mass is 10.0. The smallest absolute Gasteiger partial charge is 0.410 e. The molecule has 3 heterocycles. The topological polar surface area (TPSA) is 69.5 Å². The highest BCUT2D eigenvalue weighted by Gasteiger charge is 2.31. The number of pyridine rings is 1. The molecule has 1 fully saturated rings. The van der Waals surface area contributed by atoms with Gasteiger partial charge in [0.2, 0.25) is 5.88 Å². The van der Waals surface area contributed by atoms with Crippen LogP contribution in [0.2, 0.25) is 0 Å². The van der Waals surface area contributed by atoms with Crippen molar-refractivity contribution < 1.29 is 14.3 Å². The van der Waals surface area contributed by atoms with Gasteiger partial charge in [-0.25, -0.2) is 9.78 Å². The van der Waals surface area contributed by atoms with E-state index in [1.54, 1.807) is 9.58 Å². The molecule has 3 rings (SSSR count). The van der Waals surface area contributed by atoms with Gasteiger partial charge in [0.15, 0.2) is 0 Å². The molecule has 7 nitrogen and oxygen atoms in total. The molecule has 152 valence electrons. The highest BCUT2D eigenvalue weighted by molar-refractivity contribution is 5.69. The van der Waals surface area contributed by atoms with Crippen molar-refractivity contribution in [3.05, 3.63) is 30.2 Å². The molecule has 7 heteroatoms. The van der Waals surface area contributed by atoms with E-state index < -0.39 is 5.60 Å². The van der Waals surface area contributed by atoms with Crippen LogP contribution in [0.5, 0.6) is 5.88 Å². The summed E-state index contributed by atoms with van der Waals surface area (Å²) < 4.78 is 13.2. The summed E-state index contributed by atoms with van der Waals surface area (Å²) >= 11 is 0. The molecule has 0 aliphatic carbocycles. The van der Waals surface area contributed by atoms with Crippen molar-refractivity contribution in [3.63, 3.8) is 0 Å². The molecule has 0 saturated carbocycles. The molecular formula is C21H30N4O3. The number of hydrogen-bond donors (Lipinski definition) is 0. The molecule has 0 bridgehead atoms. The molecule has 1 saturated heterocycles. The van der Waals surface area contributed by atoms with Crippen molar-refractivity contribution in [1.82, 2.24) is 19.7 Å². The van der Waals surface area contributed by atoms with Crippen LogP contribution < -0.4 is 4.74 Å². The summed E-state index contributed by atoms with van der Waals surface area (Å²) in [6.07, 6.45) is 4.42. The minimum absolute atomic E-state index is 0.0336. The quantitative estimate of drug-likeness (QED) is 0.794.